The normalized spacial score (nSPS) is 31.8. The maximum absolute atomic E-state index is 8.68. The van der Waals surface area contributed by atoms with E-state index in [1.54, 1.807) is 0 Å². The Kier molecular flexibility index (Phi) is 1.74. The van der Waals surface area contributed by atoms with E-state index in [1.807, 2.05) is 0 Å². The molecule has 0 radical (unpaired) electrons. The van der Waals surface area contributed by atoms with Crippen LogP contribution in [0.25, 0.3) is 0 Å². The summed E-state index contributed by atoms with van der Waals surface area (Å²) in [5, 5.41) is 0. The van der Waals surface area contributed by atoms with E-state index in [0.717, 1.165) is 6.42 Å². The van der Waals surface area contributed by atoms with Crippen LogP contribution < -0.4 is 4.72 Å². The third kappa shape index (κ3) is 1.61. The van der Waals surface area contributed by atoms with Crippen molar-refractivity contribution in [2.75, 3.05) is 13.2 Å². The molecule has 1 rings (SSSR count). The molecule has 8 heavy (non-hydrogen) atoms. The van der Waals surface area contributed by atoms with E-state index in [9.17, 15) is 0 Å². The highest BCUT2D eigenvalue weighted by atomic mass is 32.3. The Morgan fingerprint density at radius 2 is 2.25 bits per heavy atom. The van der Waals surface area contributed by atoms with Gasteiger partial charge in [-0.3, -0.25) is 13.3 Å². The fraction of sp³-hybridized carbons (Fsp3) is 1.00. The zero-order chi connectivity index (χ0) is 6.04. The quantitative estimate of drug-likeness (QED) is 0.459. The van der Waals surface area contributed by atoms with Crippen LogP contribution in [0.2, 0.25) is 0 Å². The smallest absolute Gasteiger partial charge is 0.155 e. The van der Waals surface area contributed by atoms with Crippen LogP contribution in [0.15, 0.2) is 0 Å². The van der Waals surface area contributed by atoms with Crippen LogP contribution in [0.1, 0.15) is 6.42 Å². The number of hydrogen-bond donors (Lipinski definition) is 3. The first kappa shape index (κ1) is 6.31. The number of rotatable bonds is 0. The highest BCUT2D eigenvalue weighted by molar-refractivity contribution is 8.18. The minimum atomic E-state index is -2.83. The molecule has 0 saturated carbocycles. The predicted molar refractivity (Wildman–Crippen MR) is 31.4 cm³/mol. The lowest BCUT2D eigenvalue weighted by Gasteiger charge is -2.30. The van der Waals surface area contributed by atoms with Crippen LogP contribution in [0.4, 0.5) is 0 Å². The van der Waals surface area contributed by atoms with Crippen LogP contribution in [-0.2, 0) is 4.18 Å². The van der Waals surface area contributed by atoms with Gasteiger partial charge >= 0.3 is 0 Å². The predicted octanol–water partition coefficient (Wildman–Crippen LogP) is 0.577. The van der Waals surface area contributed by atoms with Gasteiger partial charge in [0.2, 0.25) is 0 Å². The Balaban J connectivity index is 2.33. The molecule has 3 N–H and O–H groups in total. The summed E-state index contributed by atoms with van der Waals surface area (Å²) in [5.74, 6) is 0. The van der Waals surface area contributed by atoms with Gasteiger partial charge in [-0.25, -0.2) is 4.72 Å². The second kappa shape index (κ2) is 2.20. The van der Waals surface area contributed by atoms with E-state index in [0.29, 0.717) is 13.2 Å². The van der Waals surface area contributed by atoms with Gasteiger partial charge < -0.3 is 0 Å². The van der Waals surface area contributed by atoms with Crippen molar-refractivity contribution in [3.05, 3.63) is 0 Å². The number of hydrogen-bond acceptors (Lipinski definition) is 4. The Morgan fingerprint density at radius 3 is 2.50 bits per heavy atom. The molecular weight excluding hydrogens is 130 g/mol. The summed E-state index contributed by atoms with van der Waals surface area (Å²) in [7, 11) is 0. The molecular formula is C3H9NO3S. The van der Waals surface area contributed by atoms with E-state index in [-0.39, 0.29) is 0 Å². The molecule has 1 fully saturated rings. The molecule has 0 bridgehead atoms. The molecule has 1 aliphatic rings. The summed E-state index contributed by atoms with van der Waals surface area (Å²) in [5.41, 5.74) is 0. The van der Waals surface area contributed by atoms with E-state index < -0.39 is 11.1 Å². The molecule has 0 unspecified atom stereocenters. The second-order valence-corrected chi connectivity index (χ2v) is 3.08. The van der Waals surface area contributed by atoms with Crippen molar-refractivity contribution in [3.8, 4) is 0 Å². The average Bonchev–Trinajstić information content (AvgIpc) is 1.65. The Morgan fingerprint density at radius 1 is 1.50 bits per heavy atom. The molecule has 0 aromatic heterocycles. The molecule has 5 heteroatoms. The topological polar surface area (TPSA) is 61.7 Å². The summed E-state index contributed by atoms with van der Waals surface area (Å²) in [6.45, 7) is 1.07. The molecule has 0 atom stereocenters. The molecule has 0 spiro atoms. The molecule has 4 nitrogen and oxygen atoms in total. The lowest BCUT2D eigenvalue weighted by Crippen LogP contribution is -2.29. The summed E-state index contributed by atoms with van der Waals surface area (Å²) in [6, 6.07) is 0. The largest absolute Gasteiger partial charge is 0.296 e. The summed E-state index contributed by atoms with van der Waals surface area (Å²) < 4.78 is 24.3. The van der Waals surface area contributed by atoms with Gasteiger partial charge in [-0.1, -0.05) is 0 Å². The van der Waals surface area contributed by atoms with Crippen molar-refractivity contribution in [2.45, 2.75) is 6.42 Å². The van der Waals surface area contributed by atoms with Gasteiger partial charge in [-0.05, 0) is 6.42 Å². The van der Waals surface area contributed by atoms with Gasteiger partial charge in [-0.15, -0.1) is 0 Å². The maximum atomic E-state index is 8.68. The first-order valence-electron chi connectivity index (χ1n) is 2.38. The lowest BCUT2D eigenvalue weighted by molar-refractivity contribution is 0.230. The lowest BCUT2D eigenvalue weighted by atomic mass is 10.5. The van der Waals surface area contributed by atoms with Gasteiger partial charge in [-0.2, -0.15) is 0 Å². The van der Waals surface area contributed by atoms with Gasteiger partial charge in [0, 0.05) is 6.54 Å². The summed E-state index contributed by atoms with van der Waals surface area (Å²) >= 11 is -2.83. The minimum absolute atomic E-state index is 0.440. The monoisotopic (exact) mass is 139 g/mol. The van der Waals surface area contributed by atoms with Crippen molar-refractivity contribution in [1.82, 2.24) is 4.72 Å². The maximum Gasteiger partial charge on any atom is 0.155 e. The van der Waals surface area contributed by atoms with Crippen molar-refractivity contribution < 1.29 is 13.3 Å². The molecule has 1 saturated heterocycles. The van der Waals surface area contributed by atoms with E-state index >= 15 is 0 Å². The van der Waals surface area contributed by atoms with Crippen molar-refractivity contribution in [3.63, 3.8) is 0 Å². The van der Waals surface area contributed by atoms with Crippen LogP contribution in [0, 0.1) is 0 Å². The molecule has 50 valence electrons. The van der Waals surface area contributed by atoms with Crippen LogP contribution in [0.5, 0.6) is 0 Å². The van der Waals surface area contributed by atoms with Gasteiger partial charge in [0.25, 0.3) is 0 Å². The van der Waals surface area contributed by atoms with E-state index in [1.165, 1.54) is 0 Å². The third-order valence-electron chi connectivity index (χ3n) is 0.859. The average molecular weight is 139 g/mol. The van der Waals surface area contributed by atoms with Crippen LogP contribution >= 0.6 is 11.1 Å². The fourth-order valence-electron chi connectivity index (χ4n) is 0.494. The first-order chi connectivity index (χ1) is 3.71. The van der Waals surface area contributed by atoms with Crippen LogP contribution in [0.3, 0.4) is 0 Å². The highest BCUT2D eigenvalue weighted by Crippen LogP contribution is 2.36. The van der Waals surface area contributed by atoms with Crippen LogP contribution in [-0.4, -0.2) is 22.3 Å². The van der Waals surface area contributed by atoms with Crippen molar-refractivity contribution >= 4 is 11.1 Å². The Labute approximate surface area is 49.5 Å². The molecule has 0 amide bonds. The van der Waals surface area contributed by atoms with E-state index in [2.05, 4.69) is 8.91 Å². The highest BCUT2D eigenvalue weighted by Gasteiger charge is 2.19. The van der Waals surface area contributed by atoms with Gasteiger partial charge in [0.05, 0.1) is 6.61 Å². The molecule has 0 aromatic rings. The van der Waals surface area contributed by atoms with Crippen molar-refractivity contribution in [2.24, 2.45) is 0 Å². The van der Waals surface area contributed by atoms with Gasteiger partial charge in [0.15, 0.2) is 11.1 Å². The zero-order valence-corrected chi connectivity index (χ0v) is 5.15. The molecule has 1 heterocycles. The molecule has 1 aliphatic heterocycles. The third-order valence-corrected chi connectivity index (χ3v) is 1.93. The molecule has 0 aromatic carbocycles. The Hall–Kier alpha value is 0.190. The van der Waals surface area contributed by atoms with Crippen molar-refractivity contribution in [1.29, 1.82) is 0 Å². The number of nitrogens with one attached hydrogen (secondary N) is 1. The Bertz CT molecular complexity index is 78.6. The minimum Gasteiger partial charge on any atom is -0.296 e. The van der Waals surface area contributed by atoms with E-state index in [4.69, 9.17) is 9.11 Å². The first-order valence-corrected chi connectivity index (χ1v) is 3.85. The zero-order valence-electron chi connectivity index (χ0n) is 4.33. The summed E-state index contributed by atoms with van der Waals surface area (Å²) in [6.07, 6.45) is 0.843. The standard InChI is InChI=1S/C3H9NO3S/c5-8(6)4-2-1-3-7-8/h4-6H,1-3H2. The summed E-state index contributed by atoms with van der Waals surface area (Å²) in [4.78, 5) is 0. The fourth-order valence-corrected chi connectivity index (χ4v) is 1.34. The SMILES string of the molecule is OS1(O)NCCCO1. The molecule has 0 aliphatic carbocycles. The second-order valence-electron chi connectivity index (χ2n) is 1.57. The van der Waals surface area contributed by atoms with Gasteiger partial charge in [0.1, 0.15) is 0 Å².